The highest BCUT2D eigenvalue weighted by atomic mass is 35.5. The van der Waals surface area contributed by atoms with Crippen molar-refractivity contribution >= 4 is 34.1 Å². The predicted molar refractivity (Wildman–Crippen MR) is 122 cm³/mol. The van der Waals surface area contributed by atoms with Gasteiger partial charge in [-0.1, -0.05) is 23.7 Å². The Morgan fingerprint density at radius 3 is 2.61 bits per heavy atom. The van der Waals surface area contributed by atoms with Gasteiger partial charge in [0.05, 0.1) is 18.3 Å². The van der Waals surface area contributed by atoms with Crippen LogP contribution in [-0.4, -0.2) is 32.3 Å². The molecule has 152 valence electrons. The first-order valence-corrected chi connectivity index (χ1v) is 9.92. The first-order valence-electron chi connectivity index (χ1n) is 9.54. The molecule has 3 aromatic heterocycles. The normalized spacial score (nSPS) is 10.9. The maximum absolute atomic E-state index is 5.99. The largest absolute Gasteiger partial charge is 0.497 e. The topological polar surface area (TPSA) is 88.6 Å². The monoisotopic (exact) mass is 428 g/mol. The highest BCUT2D eigenvalue weighted by molar-refractivity contribution is 6.30. The van der Waals surface area contributed by atoms with E-state index in [4.69, 9.17) is 26.3 Å². The average Bonchev–Trinajstić information content (AvgIpc) is 3.28. The number of nitrogens with zero attached hydrogens (tertiary/aromatic N) is 4. The van der Waals surface area contributed by atoms with E-state index in [1.54, 1.807) is 19.5 Å². The first-order chi connectivity index (χ1) is 15.2. The van der Waals surface area contributed by atoms with E-state index in [1.807, 2.05) is 60.7 Å². The van der Waals surface area contributed by atoms with Gasteiger partial charge in [0.15, 0.2) is 5.82 Å². The van der Waals surface area contributed by atoms with Crippen LogP contribution in [0.15, 0.2) is 73.1 Å². The Balaban J connectivity index is 1.57. The summed E-state index contributed by atoms with van der Waals surface area (Å²) in [5.74, 6) is 2.63. The SMILES string of the molecule is COc1ccc2nc(-c3cccnc3)nc(Nc3cc(-c4ccc(Cl)cc4)n[nH]3)c2c1. The van der Waals surface area contributed by atoms with Gasteiger partial charge in [-0.2, -0.15) is 5.10 Å². The number of methoxy groups -OCH3 is 1. The fraction of sp³-hybridized carbons (Fsp3) is 0.0435. The maximum Gasteiger partial charge on any atom is 0.163 e. The molecule has 0 aliphatic rings. The Kier molecular flexibility index (Phi) is 4.93. The van der Waals surface area contributed by atoms with Crippen LogP contribution in [0.25, 0.3) is 33.5 Å². The van der Waals surface area contributed by atoms with E-state index in [-0.39, 0.29) is 0 Å². The highest BCUT2D eigenvalue weighted by Crippen LogP contribution is 2.30. The molecule has 0 atom stereocenters. The molecule has 3 heterocycles. The molecular weight excluding hydrogens is 412 g/mol. The van der Waals surface area contributed by atoms with E-state index in [0.29, 0.717) is 22.5 Å². The molecule has 0 fully saturated rings. The lowest BCUT2D eigenvalue weighted by atomic mass is 10.1. The summed E-state index contributed by atoms with van der Waals surface area (Å²) in [6.07, 6.45) is 3.46. The van der Waals surface area contributed by atoms with Gasteiger partial charge < -0.3 is 10.1 Å². The molecule has 0 spiro atoms. The number of ether oxygens (including phenoxy) is 1. The van der Waals surface area contributed by atoms with E-state index in [9.17, 15) is 0 Å². The summed E-state index contributed by atoms with van der Waals surface area (Å²) in [5.41, 5.74) is 3.37. The number of aromatic amines is 1. The van der Waals surface area contributed by atoms with Crippen LogP contribution in [0.2, 0.25) is 5.02 Å². The van der Waals surface area contributed by atoms with Gasteiger partial charge in [0.25, 0.3) is 0 Å². The van der Waals surface area contributed by atoms with Gasteiger partial charge in [0.2, 0.25) is 0 Å². The molecule has 0 aliphatic heterocycles. The van der Waals surface area contributed by atoms with E-state index >= 15 is 0 Å². The number of pyridine rings is 1. The zero-order chi connectivity index (χ0) is 21.2. The fourth-order valence-corrected chi connectivity index (χ4v) is 3.36. The van der Waals surface area contributed by atoms with Gasteiger partial charge in [-0.05, 0) is 42.5 Å². The van der Waals surface area contributed by atoms with Crippen LogP contribution in [0.4, 0.5) is 11.6 Å². The summed E-state index contributed by atoms with van der Waals surface area (Å²) in [6, 6.07) is 18.9. The molecule has 8 heteroatoms. The Morgan fingerprint density at radius 1 is 0.968 bits per heavy atom. The second-order valence-corrected chi connectivity index (χ2v) is 7.26. The first kappa shape index (κ1) is 19.0. The molecule has 0 saturated carbocycles. The smallest absolute Gasteiger partial charge is 0.163 e. The number of fused-ring (bicyclic) bond motifs is 1. The molecule has 0 unspecified atom stereocenters. The van der Waals surface area contributed by atoms with Crippen LogP contribution in [0.3, 0.4) is 0 Å². The van der Waals surface area contributed by atoms with E-state index in [1.165, 1.54) is 0 Å². The summed E-state index contributed by atoms with van der Waals surface area (Å²) >= 11 is 5.99. The minimum Gasteiger partial charge on any atom is -0.497 e. The van der Waals surface area contributed by atoms with Crippen molar-refractivity contribution in [3.05, 3.63) is 78.1 Å². The van der Waals surface area contributed by atoms with Crippen LogP contribution in [0.5, 0.6) is 5.75 Å². The van der Waals surface area contributed by atoms with Gasteiger partial charge in [-0.15, -0.1) is 0 Å². The number of anilines is 2. The summed E-state index contributed by atoms with van der Waals surface area (Å²) in [4.78, 5) is 13.6. The summed E-state index contributed by atoms with van der Waals surface area (Å²) in [7, 11) is 1.63. The van der Waals surface area contributed by atoms with Gasteiger partial charge in [-0.3, -0.25) is 10.1 Å². The lowest BCUT2D eigenvalue weighted by Crippen LogP contribution is -2.00. The highest BCUT2D eigenvalue weighted by Gasteiger charge is 2.13. The number of rotatable bonds is 5. The second kappa shape index (κ2) is 8.04. The quantitative estimate of drug-likeness (QED) is 0.385. The van der Waals surface area contributed by atoms with Crippen molar-refractivity contribution < 1.29 is 4.74 Å². The predicted octanol–water partition coefficient (Wildman–Crippen LogP) is 5.49. The molecule has 0 amide bonds. The number of aromatic nitrogens is 5. The standard InChI is InChI=1S/C23H17ClN6O/c1-31-17-8-9-19-18(11-17)23(28-22(26-19)15-3-2-10-25-13-15)27-21-12-20(29-30-21)14-4-6-16(24)7-5-14/h2-13H,1H3,(H2,26,27,28,29,30). The summed E-state index contributed by atoms with van der Waals surface area (Å²) in [5, 5.41) is 12.3. The van der Waals surface area contributed by atoms with Crippen LogP contribution in [0, 0.1) is 0 Å². The third-order valence-electron chi connectivity index (χ3n) is 4.79. The molecule has 2 aromatic carbocycles. The Hall–Kier alpha value is -3.97. The minimum atomic E-state index is 0.575. The number of nitrogens with one attached hydrogen (secondary N) is 2. The fourth-order valence-electron chi connectivity index (χ4n) is 3.24. The van der Waals surface area contributed by atoms with Crippen molar-refractivity contribution in [2.24, 2.45) is 0 Å². The van der Waals surface area contributed by atoms with Gasteiger partial charge in [-0.25, -0.2) is 9.97 Å². The van der Waals surface area contributed by atoms with Crippen molar-refractivity contribution in [2.75, 3.05) is 12.4 Å². The lowest BCUT2D eigenvalue weighted by Gasteiger charge is -2.11. The number of H-pyrrole nitrogens is 1. The molecule has 31 heavy (non-hydrogen) atoms. The van der Waals surface area contributed by atoms with Crippen LogP contribution in [0.1, 0.15) is 0 Å². The van der Waals surface area contributed by atoms with Crippen molar-refractivity contribution in [2.45, 2.75) is 0 Å². The third kappa shape index (κ3) is 3.91. The van der Waals surface area contributed by atoms with Crippen LogP contribution in [-0.2, 0) is 0 Å². The van der Waals surface area contributed by atoms with E-state index < -0.39 is 0 Å². The number of benzene rings is 2. The van der Waals surface area contributed by atoms with E-state index in [0.717, 1.165) is 33.5 Å². The Labute approximate surface area is 183 Å². The molecule has 2 N–H and O–H groups in total. The Bertz CT molecular complexity index is 1350. The van der Waals surface area contributed by atoms with E-state index in [2.05, 4.69) is 20.5 Å². The van der Waals surface area contributed by atoms with Gasteiger partial charge in [0, 0.05) is 40.0 Å². The number of halogens is 1. The van der Waals surface area contributed by atoms with Gasteiger partial charge >= 0.3 is 0 Å². The molecule has 5 rings (SSSR count). The lowest BCUT2D eigenvalue weighted by molar-refractivity contribution is 0.415. The summed E-state index contributed by atoms with van der Waals surface area (Å²) < 4.78 is 5.39. The molecule has 0 radical (unpaired) electrons. The number of hydrogen-bond donors (Lipinski definition) is 2. The van der Waals surface area contributed by atoms with Crippen LogP contribution < -0.4 is 10.1 Å². The molecule has 0 bridgehead atoms. The van der Waals surface area contributed by atoms with Crippen molar-refractivity contribution in [3.63, 3.8) is 0 Å². The zero-order valence-corrected chi connectivity index (χ0v) is 17.3. The molecule has 0 aliphatic carbocycles. The van der Waals surface area contributed by atoms with Crippen molar-refractivity contribution in [1.82, 2.24) is 25.1 Å². The molecule has 5 aromatic rings. The third-order valence-corrected chi connectivity index (χ3v) is 5.05. The number of hydrogen-bond acceptors (Lipinski definition) is 6. The minimum absolute atomic E-state index is 0.575. The second-order valence-electron chi connectivity index (χ2n) is 6.82. The zero-order valence-electron chi connectivity index (χ0n) is 16.5. The summed E-state index contributed by atoms with van der Waals surface area (Å²) in [6.45, 7) is 0. The van der Waals surface area contributed by atoms with Crippen molar-refractivity contribution in [3.8, 4) is 28.4 Å². The molecular formula is C23H17ClN6O. The average molecular weight is 429 g/mol. The van der Waals surface area contributed by atoms with Gasteiger partial charge in [0.1, 0.15) is 17.4 Å². The molecule has 0 saturated heterocycles. The Morgan fingerprint density at radius 2 is 1.84 bits per heavy atom. The van der Waals surface area contributed by atoms with Crippen molar-refractivity contribution in [1.29, 1.82) is 0 Å². The van der Waals surface area contributed by atoms with Crippen LogP contribution >= 0.6 is 11.6 Å². The maximum atomic E-state index is 5.99. The molecule has 7 nitrogen and oxygen atoms in total.